The topological polar surface area (TPSA) is 75.2 Å². The van der Waals surface area contributed by atoms with Gasteiger partial charge in [-0.1, -0.05) is 54.1 Å². The molecule has 0 radical (unpaired) electrons. The molecule has 2 heterocycles. The Hall–Kier alpha value is -2.28. The van der Waals surface area contributed by atoms with Crippen molar-refractivity contribution in [2.45, 2.75) is 57.4 Å². The van der Waals surface area contributed by atoms with Crippen molar-refractivity contribution in [1.29, 1.82) is 0 Å². The van der Waals surface area contributed by atoms with Crippen LogP contribution in [0.2, 0.25) is 0 Å². The predicted molar refractivity (Wildman–Crippen MR) is 110 cm³/mol. The molecule has 0 unspecified atom stereocenters. The maximum atomic E-state index is 12.9. The van der Waals surface area contributed by atoms with E-state index < -0.39 is 0 Å². The Bertz CT molecular complexity index is 817. The number of rotatable bonds is 5. The summed E-state index contributed by atoms with van der Waals surface area (Å²) in [5.41, 5.74) is 1.60. The van der Waals surface area contributed by atoms with Gasteiger partial charge < -0.3 is 10.2 Å². The number of hydrogen-bond donors (Lipinski definition) is 1. The molecular formula is C21H26N4O2S. The fourth-order valence-corrected chi connectivity index (χ4v) is 4.94. The third-order valence-electron chi connectivity index (χ3n) is 5.84. The minimum absolute atomic E-state index is 0.127. The summed E-state index contributed by atoms with van der Waals surface area (Å²) in [4.78, 5) is 27.6. The van der Waals surface area contributed by atoms with Crippen LogP contribution in [0, 0.1) is 5.92 Å². The Kier molecular flexibility index (Phi) is 6.00. The van der Waals surface area contributed by atoms with E-state index in [9.17, 15) is 9.59 Å². The summed E-state index contributed by atoms with van der Waals surface area (Å²) in [7, 11) is 0. The molecule has 28 heavy (non-hydrogen) atoms. The smallest absolute Gasteiger partial charge is 0.247 e. The molecule has 2 aliphatic rings. The van der Waals surface area contributed by atoms with E-state index in [0.717, 1.165) is 31.2 Å². The van der Waals surface area contributed by atoms with E-state index in [0.29, 0.717) is 29.6 Å². The van der Waals surface area contributed by atoms with Crippen LogP contribution in [0.15, 0.2) is 30.3 Å². The lowest BCUT2D eigenvalue weighted by Crippen LogP contribution is -2.43. The average Bonchev–Trinajstić information content (AvgIpc) is 3.39. The van der Waals surface area contributed by atoms with Crippen LogP contribution in [-0.2, 0) is 9.59 Å². The third kappa shape index (κ3) is 4.24. The van der Waals surface area contributed by atoms with Gasteiger partial charge in [0.2, 0.25) is 11.8 Å². The van der Waals surface area contributed by atoms with Crippen molar-refractivity contribution in [3.8, 4) is 11.3 Å². The van der Waals surface area contributed by atoms with Crippen molar-refractivity contribution in [3.63, 3.8) is 0 Å². The maximum Gasteiger partial charge on any atom is 0.247 e. The van der Waals surface area contributed by atoms with Gasteiger partial charge in [0.15, 0.2) is 0 Å². The van der Waals surface area contributed by atoms with Crippen LogP contribution in [0.3, 0.4) is 0 Å². The molecule has 0 bridgehead atoms. The number of hydrogen-bond acceptors (Lipinski definition) is 5. The first-order chi connectivity index (χ1) is 13.7. The minimum Gasteiger partial charge on any atom is -0.331 e. The summed E-state index contributed by atoms with van der Waals surface area (Å²) in [6.07, 6.45) is 8.20. The molecule has 1 atom stereocenters. The van der Waals surface area contributed by atoms with Gasteiger partial charge in [0, 0.05) is 30.1 Å². The summed E-state index contributed by atoms with van der Waals surface area (Å²) in [6, 6.07) is 9.31. The monoisotopic (exact) mass is 398 g/mol. The van der Waals surface area contributed by atoms with Crippen molar-refractivity contribution in [3.05, 3.63) is 30.3 Å². The molecule has 2 aromatic rings. The van der Waals surface area contributed by atoms with E-state index in [4.69, 9.17) is 0 Å². The summed E-state index contributed by atoms with van der Waals surface area (Å²) in [6.45, 7) is 0.677. The molecule has 1 aromatic carbocycles. The molecule has 4 rings (SSSR count). The van der Waals surface area contributed by atoms with Gasteiger partial charge in [0.05, 0.1) is 0 Å². The van der Waals surface area contributed by atoms with Crippen LogP contribution >= 0.6 is 11.5 Å². The lowest BCUT2D eigenvalue weighted by molar-refractivity contribution is -0.137. The highest BCUT2D eigenvalue weighted by Gasteiger charge is 2.35. The van der Waals surface area contributed by atoms with Gasteiger partial charge in [-0.15, -0.1) is 5.10 Å². The van der Waals surface area contributed by atoms with Crippen molar-refractivity contribution in [2.75, 3.05) is 11.9 Å². The lowest BCUT2D eigenvalue weighted by Gasteiger charge is -2.27. The summed E-state index contributed by atoms with van der Waals surface area (Å²) in [5.74, 6) is 0.494. The number of likely N-dealkylation sites (tertiary alicyclic amines) is 1. The normalized spacial score (nSPS) is 20.3. The number of amides is 2. The summed E-state index contributed by atoms with van der Waals surface area (Å²) >= 11 is 1.17. The van der Waals surface area contributed by atoms with Crippen LogP contribution in [0.5, 0.6) is 0 Å². The molecule has 2 amide bonds. The second-order valence-corrected chi connectivity index (χ2v) is 8.51. The van der Waals surface area contributed by atoms with E-state index in [2.05, 4.69) is 14.9 Å². The third-order valence-corrected chi connectivity index (χ3v) is 6.48. The SMILES string of the molecule is O=C(Nc1snnc1-c1ccccc1)[C@@H]1CCCN1C(=O)CC1CCCCC1. The van der Waals surface area contributed by atoms with Crippen LogP contribution in [0.1, 0.15) is 51.4 Å². The first-order valence-corrected chi connectivity index (χ1v) is 11.0. The maximum absolute atomic E-state index is 12.9. The first-order valence-electron chi connectivity index (χ1n) is 10.2. The fourth-order valence-electron chi connectivity index (χ4n) is 4.35. The number of aromatic nitrogens is 2. The zero-order valence-corrected chi connectivity index (χ0v) is 16.8. The molecule has 1 aliphatic heterocycles. The van der Waals surface area contributed by atoms with Gasteiger partial charge in [0.25, 0.3) is 0 Å². The van der Waals surface area contributed by atoms with Gasteiger partial charge >= 0.3 is 0 Å². The molecule has 2 fully saturated rings. The van der Waals surface area contributed by atoms with Crippen LogP contribution in [-0.4, -0.2) is 38.9 Å². The molecular weight excluding hydrogens is 372 g/mol. The number of anilines is 1. The Balaban J connectivity index is 1.42. The number of nitrogens with one attached hydrogen (secondary N) is 1. The predicted octanol–water partition coefficient (Wildman–Crippen LogP) is 4.11. The first kappa shape index (κ1) is 19.1. The zero-order chi connectivity index (χ0) is 19.3. The number of nitrogens with zero attached hydrogens (tertiary/aromatic N) is 3. The van der Waals surface area contributed by atoms with Crippen LogP contribution in [0.25, 0.3) is 11.3 Å². The highest BCUT2D eigenvalue weighted by molar-refractivity contribution is 7.10. The molecule has 1 saturated heterocycles. The van der Waals surface area contributed by atoms with Crippen LogP contribution < -0.4 is 5.32 Å². The molecule has 148 valence electrons. The van der Waals surface area contributed by atoms with E-state index in [-0.39, 0.29) is 17.9 Å². The molecule has 1 aromatic heterocycles. The highest BCUT2D eigenvalue weighted by atomic mass is 32.1. The highest BCUT2D eigenvalue weighted by Crippen LogP contribution is 2.31. The Morgan fingerprint density at radius 1 is 1.07 bits per heavy atom. The van der Waals surface area contributed by atoms with Crippen molar-refractivity contribution >= 4 is 28.3 Å². The summed E-state index contributed by atoms with van der Waals surface area (Å²) < 4.78 is 4.01. The number of benzene rings is 1. The van der Waals surface area contributed by atoms with Gasteiger partial charge in [-0.3, -0.25) is 9.59 Å². The van der Waals surface area contributed by atoms with Crippen LogP contribution in [0.4, 0.5) is 5.00 Å². The molecule has 7 heteroatoms. The fraction of sp³-hybridized carbons (Fsp3) is 0.524. The largest absolute Gasteiger partial charge is 0.331 e. The van der Waals surface area contributed by atoms with E-state index in [1.807, 2.05) is 30.3 Å². The molecule has 0 spiro atoms. The summed E-state index contributed by atoms with van der Waals surface area (Å²) in [5, 5.41) is 7.79. The van der Waals surface area contributed by atoms with E-state index in [1.165, 1.54) is 30.8 Å². The second-order valence-electron chi connectivity index (χ2n) is 7.76. The minimum atomic E-state index is -0.387. The molecule has 1 saturated carbocycles. The Labute approximate surface area is 169 Å². The number of carbonyl (C=O) groups is 2. The molecule has 6 nitrogen and oxygen atoms in total. The van der Waals surface area contributed by atoms with Gasteiger partial charge in [-0.2, -0.15) is 0 Å². The zero-order valence-electron chi connectivity index (χ0n) is 16.0. The standard InChI is InChI=1S/C21H26N4O2S/c26-18(14-15-8-3-1-4-9-15)25-13-7-12-17(25)20(27)22-21-19(23-24-28-21)16-10-5-2-6-11-16/h2,5-6,10-11,15,17H,1,3-4,7-9,12-14H2,(H,22,27)/t17-/m0/s1. The van der Waals surface area contributed by atoms with E-state index >= 15 is 0 Å². The van der Waals surface area contributed by atoms with Crippen molar-refractivity contribution in [1.82, 2.24) is 14.5 Å². The molecule has 1 aliphatic carbocycles. The average molecular weight is 399 g/mol. The van der Waals surface area contributed by atoms with Gasteiger partial charge in [0.1, 0.15) is 16.7 Å². The Morgan fingerprint density at radius 2 is 1.86 bits per heavy atom. The second kappa shape index (κ2) is 8.82. The van der Waals surface area contributed by atoms with Crippen molar-refractivity contribution in [2.24, 2.45) is 5.92 Å². The van der Waals surface area contributed by atoms with E-state index in [1.54, 1.807) is 4.90 Å². The lowest BCUT2D eigenvalue weighted by atomic mass is 9.86. The molecule has 1 N–H and O–H groups in total. The Morgan fingerprint density at radius 3 is 2.64 bits per heavy atom. The van der Waals surface area contributed by atoms with Gasteiger partial charge in [-0.25, -0.2) is 0 Å². The number of carbonyl (C=O) groups excluding carboxylic acids is 2. The quantitative estimate of drug-likeness (QED) is 0.823. The van der Waals surface area contributed by atoms with Crippen molar-refractivity contribution < 1.29 is 9.59 Å². The van der Waals surface area contributed by atoms with Gasteiger partial charge in [-0.05, 0) is 31.6 Å².